The number of hydroxylamine groups is 1. The van der Waals surface area contributed by atoms with Gasteiger partial charge in [-0.3, -0.25) is 4.84 Å². The van der Waals surface area contributed by atoms with Crippen molar-refractivity contribution >= 4 is 23.2 Å². The van der Waals surface area contributed by atoms with E-state index in [4.69, 9.17) is 32.8 Å². The second kappa shape index (κ2) is 6.67. The summed E-state index contributed by atoms with van der Waals surface area (Å²) < 4.78 is 5.62. The Morgan fingerprint density at radius 2 is 2.00 bits per heavy atom. The second-order valence-electron chi connectivity index (χ2n) is 4.89. The molecule has 1 N–H and O–H groups in total. The first-order valence-corrected chi connectivity index (χ1v) is 7.52. The Balaban J connectivity index is 1.68. The number of hydrogen-bond donors (Lipinski definition) is 1. The van der Waals surface area contributed by atoms with Crippen molar-refractivity contribution in [3.05, 3.63) is 63.6 Å². The van der Waals surface area contributed by atoms with Gasteiger partial charge in [-0.15, -0.1) is 0 Å². The minimum atomic E-state index is 0.0219. The molecule has 3 nitrogen and oxygen atoms in total. The quantitative estimate of drug-likeness (QED) is 0.838. The molecule has 0 saturated carbocycles. The van der Waals surface area contributed by atoms with Gasteiger partial charge in [0.25, 0.3) is 0 Å². The van der Waals surface area contributed by atoms with E-state index in [9.17, 15) is 0 Å². The SMILES string of the molecule is Clc1cc(Cl)c2c(c1)C(NOCc1ccccc1)CCO2. The van der Waals surface area contributed by atoms with Crippen LogP contribution in [0, 0.1) is 0 Å². The van der Waals surface area contributed by atoms with E-state index in [-0.39, 0.29) is 6.04 Å². The molecular formula is C16H15Cl2NO2. The lowest BCUT2D eigenvalue weighted by Crippen LogP contribution is -2.27. The van der Waals surface area contributed by atoms with Gasteiger partial charge in [0, 0.05) is 17.0 Å². The molecule has 0 aromatic heterocycles. The van der Waals surface area contributed by atoms with E-state index in [0.717, 1.165) is 17.5 Å². The average molecular weight is 324 g/mol. The van der Waals surface area contributed by atoms with Crippen LogP contribution in [-0.4, -0.2) is 6.61 Å². The van der Waals surface area contributed by atoms with Gasteiger partial charge >= 0.3 is 0 Å². The summed E-state index contributed by atoms with van der Waals surface area (Å²) in [5, 5.41) is 1.13. The van der Waals surface area contributed by atoms with Gasteiger partial charge in [0.05, 0.1) is 24.3 Å². The van der Waals surface area contributed by atoms with E-state index in [1.807, 2.05) is 36.4 Å². The Bertz CT molecular complexity index is 619. The molecule has 1 aliphatic heterocycles. The molecule has 2 aromatic carbocycles. The molecule has 1 heterocycles. The van der Waals surface area contributed by atoms with Crippen LogP contribution in [0.2, 0.25) is 10.0 Å². The number of ether oxygens (including phenoxy) is 1. The summed E-state index contributed by atoms with van der Waals surface area (Å²) in [5.41, 5.74) is 5.13. The summed E-state index contributed by atoms with van der Waals surface area (Å²) in [6.45, 7) is 1.10. The van der Waals surface area contributed by atoms with Crippen LogP contribution in [0.25, 0.3) is 0 Å². The van der Waals surface area contributed by atoms with Crippen molar-refractivity contribution in [2.24, 2.45) is 0 Å². The molecule has 0 saturated heterocycles. The molecule has 21 heavy (non-hydrogen) atoms. The molecule has 0 amide bonds. The fourth-order valence-electron chi connectivity index (χ4n) is 2.35. The number of hydrogen-bond acceptors (Lipinski definition) is 3. The van der Waals surface area contributed by atoms with Crippen molar-refractivity contribution in [3.8, 4) is 5.75 Å². The standard InChI is InChI=1S/C16H15Cl2NO2/c17-12-8-13-15(6-7-20-16(13)14(18)9-12)19-21-10-11-4-2-1-3-5-11/h1-5,8-9,15,19H,6-7,10H2. The third-order valence-corrected chi connectivity index (χ3v) is 3.87. The molecule has 1 unspecified atom stereocenters. The smallest absolute Gasteiger partial charge is 0.142 e. The van der Waals surface area contributed by atoms with E-state index in [2.05, 4.69) is 5.48 Å². The van der Waals surface area contributed by atoms with Gasteiger partial charge in [-0.1, -0.05) is 53.5 Å². The number of fused-ring (bicyclic) bond motifs is 1. The molecule has 1 aliphatic rings. The lowest BCUT2D eigenvalue weighted by Gasteiger charge is -2.27. The summed E-state index contributed by atoms with van der Waals surface area (Å²) in [5.74, 6) is 0.688. The van der Waals surface area contributed by atoms with Crippen LogP contribution >= 0.6 is 23.2 Å². The van der Waals surface area contributed by atoms with Crippen LogP contribution < -0.4 is 10.2 Å². The molecule has 2 aromatic rings. The highest BCUT2D eigenvalue weighted by atomic mass is 35.5. The van der Waals surface area contributed by atoms with Crippen LogP contribution in [0.3, 0.4) is 0 Å². The summed E-state index contributed by atoms with van der Waals surface area (Å²) in [6, 6.07) is 13.6. The maximum absolute atomic E-state index is 6.16. The van der Waals surface area contributed by atoms with E-state index in [1.165, 1.54) is 0 Å². The van der Waals surface area contributed by atoms with Crippen molar-refractivity contribution in [2.45, 2.75) is 19.1 Å². The molecule has 0 fully saturated rings. The molecule has 0 aliphatic carbocycles. The number of rotatable bonds is 4. The summed E-state index contributed by atoms with van der Waals surface area (Å²) in [4.78, 5) is 5.60. The fraction of sp³-hybridized carbons (Fsp3) is 0.250. The van der Waals surface area contributed by atoms with Crippen molar-refractivity contribution < 1.29 is 9.57 Å². The topological polar surface area (TPSA) is 30.5 Å². The number of benzene rings is 2. The van der Waals surface area contributed by atoms with Gasteiger partial charge in [0.2, 0.25) is 0 Å². The molecule has 110 valence electrons. The zero-order valence-electron chi connectivity index (χ0n) is 11.3. The van der Waals surface area contributed by atoms with Crippen LogP contribution in [0.1, 0.15) is 23.6 Å². The van der Waals surface area contributed by atoms with Gasteiger partial charge < -0.3 is 4.74 Å². The van der Waals surface area contributed by atoms with Crippen molar-refractivity contribution in [2.75, 3.05) is 6.61 Å². The van der Waals surface area contributed by atoms with Crippen molar-refractivity contribution in [1.82, 2.24) is 5.48 Å². The van der Waals surface area contributed by atoms with Gasteiger partial charge in [0.15, 0.2) is 0 Å². The number of nitrogens with one attached hydrogen (secondary N) is 1. The highest BCUT2D eigenvalue weighted by Gasteiger charge is 2.24. The van der Waals surface area contributed by atoms with Gasteiger partial charge in [-0.2, -0.15) is 5.48 Å². The maximum Gasteiger partial charge on any atom is 0.142 e. The molecular weight excluding hydrogens is 309 g/mol. The molecule has 0 radical (unpaired) electrons. The Hall–Kier alpha value is -1.26. The lowest BCUT2D eigenvalue weighted by atomic mass is 10.0. The third-order valence-electron chi connectivity index (χ3n) is 3.37. The zero-order valence-corrected chi connectivity index (χ0v) is 12.8. The van der Waals surface area contributed by atoms with E-state index in [1.54, 1.807) is 6.07 Å². The summed E-state index contributed by atoms with van der Waals surface area (Å²) in [6.07, 6.45) is 0.804. The van der Waals surface area contributed by atoms with Crippen LogP contribution in [0.4, 0.5) is 0 Å². The highest BCUT2D eigenvalue weighted by molar-refractivity contribution is 6.35. The molecule has 0 spiro atoms. The third kappa shape index (κ3) is 3.50. The number of halogens is 2. The first-order valence-electron chi connectivity index (χ1n) is 6.77. The molecule has 3 rings (SSSR count). The second-order valence-corrected chi connectivity index (χ2v) is 5.73. The first-order chi connectivity index (χ1) is 10.2. The monoisotopic (exact) mass is 323 g/mol. The molecule has 5 heteroatoms. The van der Waals surface area contributed by atoms with E-state index >= 15 is 0 Å². The predicted octanol–water partition coefficient (Wildman–Crippen LogP) is 4.54. The van der Waals surface area contributed by atoms with Gasteiger partial charge in [-0.25, -0.2) is 0 Å². The first kappa shape index (κ1) is 14.7. The van der Waals surface area contributed by atoms with Crippen molar-refractivity contribution in [1.29, 1.82) is 0 Å². The van der Waals surface area contributed by atoms with Crippen LogP contribution in [-0.2, 0) is 11.4 Å². The Labute approximate surface area is 133 Å². The Morgan fingerprint density at radius 3 is 2.81 bits per heavy atom. The zero-order chi connectivity index (χ0) is 14.7. The fourth-order valence-corrected chi connectivity index (χ4v) is 2.91. The van der Waals surface area contributed by atoms with Gasteiger partial charge in [0.1, 0.15) is 5.75 Å². The molecule has 0 bridgehead atoms. The predicted molar refractivity (Wildman–Crippen MR) is 83.7 cm³/mol. The lowest BCUT2D eigenvalue weighted by molar-refractivity contribution is -0.00597. The summed E-state index contributed by atoms with van der Waals surface area (Å²) in [7, 11) is 0. The van der Waals surface area contributed by atoms with Crippen LogP contribution in [0.5, 0.6) is 5.75 Å². The average Bonchev–Trinajstić information content (AvgIpc) is 2.49. The minimum Gasteiger partial charge on any atom is -0.492 e. The maximum atomic E-state index is 6.16. The molecule has 1 atom stereocenters. The Kier molecular flexibility index (Phi) is 4.66. The highest BCUT2D eigenvalue weighted by Crippen LogP contribution is 2.39. The minimum absolute atomic E-state index is 0.0219. The largest absolute Gasteiger partial charge is 0.492 e. The van der Waals surface area contributed by atoms with E-state index < -0.39 is 0 Å². The van der Waals surface area contributed by atoms with Crippen LogP contribution in [0.15, 0.2) is 42.5 Å². The Morgan fingerprint density at radius 1 is 1.19 bits per heavy atom. The van der Waals surface area contributed by atoms with Crippen molar-refractivity contribution in [3.63, 3.8) is 0 Å². The summed E-state index contributed by atoms with van der Waals surface area (Å²) >= 11 is 12.2. The van der Waals surface area contributed by atoms with Gasteiger partial charge in [-0.05, 0) is 17.7 Å². The normalized spacial score (nSPS) is 17.1. The van der Waals surface area contributed by atoms with E-state index in [0.29, 0.717) is 29.0 Å².